The number of thiocarbonyl (C=S) groups is 1. The van der Waals surface area contributed by atoms with E-state index in [4.69, 9.17) is 22.7 Å². The van der Waals surface area contributed by atoms with Crippen LogP contribution in [0.3, 0.4) is 0 Å². The van der Waals surface area contributed by atoms with Crippen LogP contribution in [0.4, 0.5) is 0 Å². The maximum Gasteiger partial charge on any atom is 0.119 e. The van der Waals surface area contributed by atoms with Gasteiger partial charge in [0.1, 0.15) is 12.4 Å². The summed E-state index contributed by atoms with van der Waals surface area (Å²) in [5.74, 6) is 1.51. The van der Waals surface area contributed by atoms with Crippen molar-refractivity contribution in [3.63, 3.8) is 0 Å². The number of nitrogens with zero attached hydrogens (tertiary/aromatic N) is 1. The highest BCUT2D eigenvalue weighted by Crippen LogP contribution is 2.16. The predicted molar refractivity (Wildman–Crippen MR) is 92.3 cm³/mol. The topological polar surface area (TPSA) is 38.5 Å². The molecular formula is C15H23BrN2OS. The van der Waals surface area contributed by atoms with Crippen molar-refractivity contribution in [2.75, 3.05) is 26.2 Å². The highest BCUT2D eigenvalue weighted by atomic mass is 79.9. The molecule has 0 aliphatic heterocycles. The van der Waals surface area contributed by atoms with E-state index >= 15 is 0 Å². The molecule has 0 saturated heterocycles. The average molecular weight is 359 g/mol. The van der Waals surface area contributed by atoms with Gasteiger partial charge in [0, 0.05) is 30.5 Å². The standard InChI is InChI=1S/C15H23BrN2OS/c1-12(2)11-18(8-7-15(17)20)9-10-19-14-5-3-13(16)4-6-14/h3-6,12H,7-11H2,1-2H3,(H2,17,20). The van der Waals surface area contributed by atoms with Crippen LogP contribution in [0.2, 0.25) is 0 Å². The summed E-state index contributed by atoms with van der Waals surface area (Å²) < 4.78 is 6.81. The third-order valence-corrected chi connectivity index (χ3v) is 3.52. The Hall–Kier alpha value is -0.650. The third kappa shape index (κ3) is 7.82. The van der Waals surface area contributed by atoms with Crippen LogP contribution in [0.1, 0.15) is 20.3 Å². The van der Waals surface area contributed by atoms with Gasteiger partial charge < -0.3 is 10.5 Å². The molecule has 0 radical (unpaired) electrons. The van der Waals surface area contributed by atoms with Gasteiger partial charge in [0.2, 0.25) is 0 Å². The zero-order valence-corrected chi connectivity index (χ0v) is 14.5. The minimum absolute atomic E-state index is 0.576. The van der Waals surface area contributed by atoms with Gasteiger partial charge in [-0.25, -0.2) is 0 Å². The second-order valence-corrected chi connectivity index (χ2v) is 6.65. The van der Waals surface area contributed by atoms with Crippen LogP contribution < -0.4 is 10.5 Å². The van der Waals surface area contributed by atoms with Crippen molar-refractivity contribution in [3.8, 4) is 5.75 Å². The van der Waals surface area contributed by atoms with Crippen molar-refractivity contribution >= 4 is 33.1 Å². The maximum absolute atomic E-state index is 5.75. The molecule has 0 aliphatic carbocycles. The number of nitrogens with two attached hydrogens (primary N) is 1. The Labute approximate surface area is 135 Å². The quantitative estimate of drug-likeness (QED) is 0.686. The Bertz CT molecular complexity index is 409. The third-order valence-electron chi connectivity index (χ3n) is 2.79. The lowest BCUT2D eigenvalue weighted by atomic mass is 10.2. The smallest absolute Gasteiger partial charge is 0.119 e. The van der Waals surface area contributed by atoms with Crippen molar-refractivity contribution in [2.45, 2.75) is 20.3 Å². The lowest BCUT2D eigenvalue weighted by molar-refractivity contribution is 0.196. The Morgan fingerprint density at radius 2 is 1.95 bits per heavy atom. The number of rotatable bonds is 9. The number of halogens is 1. The Morgan fingerprint density at radius 1 is 1.30 bits per heavy atom. The van der Waals surface area contributed by atoms with E-state index < -0.39 is 0 Å². The summed E-state index contributed by atoms with van der Waals surface area (Å²) in [4.78, 5) is 2.93. The summed E-state index contributed by atoms with van der Waals surface area (Å²) in [6.07, 6.45) is 0.764. The molecular weight excluding hydrogens is 336 g/mol. The summed E-state index contributed by atoms with van der Waals surface area (Å²) in [6.45, 7) is 7.92. The molecule has 20 heavy (non-hydrogen) atoms. The van der Waals surface area contributed by atoms with Crippen molar-refractivity contribution < 1.29 is 4.74 Å². The molecule has 0 aliphatic rings. The van der Waals surface area contributed by atoms with Gasteiger partial charge in [0.05, 0.1) is 4.99 Å². The van der Waals surface area contributed by atoms with Crippen LogP contribution in [0, 0.1) is 5.92 Å². The fourth-order valence-electron chi connectivity index (χ4n) is 1.90. The molecule has 5 heteroatoms. The van der Waals surface area contributed by atoms with Gasteiger partial charge in [-0.2, -0.15) is 0 Å². The molecule has 1 rings (SSSR count). The van der Waals surface area contributed by atoms with E-state index in [0.29, 0.717) is 17.5 Å². The van der Waals surface area contributed by atoms with Gasteiger partial charge in [-0.15, -0.1) is 0 Å². The van der Waals surface area contributed by atoms with E-state index in [1.165, 1.54) is 0 Å². The van der Waals surface area contributed by atoms with Gasteiger partial charge in [0.25, 0.3) is 0 Å². The highest BCUT2D eigenvalue weighted by Gasteiger charge is 2.08. The van der Waals surface area contributed by atoms with Crippen molar-refractivity contribution in [1.82, 2.24) is 4.90 Å². The molecule has 0 amide bonds. The molecule has 0 atom stereocenters. The maximum atomic E-state index is 5.75. The van der Waals surface area contributed by atoms with E-state index in [0.717, 1.165) is 36.3 Å². The van der Waals surface area contributed by atoms with Crippen LogP contribution in [0.25, 0.3) is 0 Å². The fraction of sp³-hybridized carbons (Fsp3) is 0.533. The molecule has 0 spiro atoms. The molecule has 2 N–H and O–H groups in total. The first-order valence-corrected chi connectivity index (χ1v) is 8.06. The summed E-state index contributed by atoms with van der Waals surface area (Å²) in [7, 11) is 0. The second kappa shape index (κ2) is 9.32. The zero-order chi connectivity index (χ0) is 15.0. The molecule has 0 unspecified atom stereocenters. The van der Waals surface area contributed by atoms with Crippen LogP contribution in [0.15, 0.2) is 28.7 Å². The van der Waals surface area contributed by atoms with E-state index in [9.17, 15) is 0 Å². The molecule has 0 bridgehead atoms. The number of hydrogen-bond donors (Lipinski definition) is 1. The van der Waals surface area contributed by atoms with Crippen molar-refractivity contribution in [2.24, 2.45) is 11.7 Å². The van der Waals surface area contributed by atoms with Gasteiger partial charge in [0.15, 0.2) is 0 Å². The largest absolute Gasteiger partial charge is 0.492 e. The average Bonchev–Trinajstić information content (AvgIpc) is 2.37. The summed E-state index contributed by atoms with van der Waals surface area (Å²) in [5.41, 5.74) is 5.57. The molecule has 1 aromatic rings. The highest BCUT2D eigenvalue weighted by molar-refractivity contribution is 9.10. The fourth-order valence-corrected chi connectivity index (χ4v) is 2.26. The molecule has 112 valence electrons. The lowest BCUT2D eigenvalue weighted by Gasteiger charge is -2.24. The summed E-state index contributed by atoms with van der Waals surface area (Å²) >= 11 is 8.35. The van der Waals surface area contributed by atoms with Crippen LogP contribution >= 0.6 is 28.1 Å². The van der Waals surface area contributed by atoms with Crippen molar-refractivity contribution in [1.29, 1.82) is 0 Å². The minimum atomic E-state index is 0.576. The Balaban J connectivity index is 2.36. The van der Waals surface area contributed by atoms with Crippen LogP contribution in [-0.4, -0.2) is 36.1 Å². The van der Waals surface area contributed by atoms with Crippen molar-refractivity contribution in [3.05, 3.63) is 28.7 Å². The SMILES string of the molecule is CC(C)CN(CCOc1ccc(Br)cc1)CCC(N)=S. The van der Waals surface area contributed by atoms with E-state index in [-0.39, 0.29) is 0 Å². The monoisotopic (exact) mass is 358 g/mol. The summed E-state index contributed by atoms with van der Waals surface area (Å²) in [5, 5.41) is 0. The summed E-state index contributed by atoms with van der Waals surface area (Å²) in [6, 6.07) is 7.89. The van der Waals surface area contributed by atoms with E-state index in [1.54, 1.807) is 0 Å². The molecule has 0 fully saturated rings. The Kier molecular flexibility index (Phi) is 8.11. The van der Waals surface area contributed by atoms with Gasteiger partial charge in [-0.3, -0.25) is 4.90 Å². The normalized spacial score (nSPS) is 11.1. The molecule has 0 aromatic heterocycles. The van der Waals surface area contributed by atoms with E-state index in [2.05, 4.69) is 34.7 Å². The second-order valence-electron chi connectivity index (χ2n) is 5.21. The Morgan fingerprint density at radius 3 is 2.50 bits per heavy atom. The van der Waals surface area contributed by atoms with Gasteiger partial charge in [-0.1, -0.05) is 42.0 Å². The first kappa shape index (κ1) is 17.4. The van der Waals surface area contributed by atoms with E-state index in [1.807, 2.05) is 24.3 Å². The first-order chi connectivity index (χ1) is 9.47. The number of hydrogen-bond acceptors (Lipinski definition) is 3. The molecule has 0 heterocycles. The zero-order valence-electron chi connectivity index (χ0n) is 12.1. The van der Waals surface area contributed by atoms with Gasteiger partial charge in [-0.05, 0) is 30.2 Å². The van der Waals surface area contributed by atoms with Crippen LogP contribution in [-0.2, 0) is 0 Å². The van der Waals surface area contributed by atoms with Gasteiger partial charge >= 0.3 is 0 Å². The first-order valence-electron chi connectivity index (χ1n) is 6.86. The molecule has 0 saturated carbocycles. The number of benzene rings is 1. The molecule has 3 nitrogen and oxygen atoms in total. The number of ether oxygens (including phenoxy) is 1. The molecule has 1 aromatic carbocycles. The predicted octanol–water partition coefficient (Wildman–Crippen LogP) is 3.46. The van der Waals surface area contributed by atoms with Crippen LogP contribution in [0.5, 0.6) is 5.75 Å². The minimum Gasteiger partial charge on any atom is -0.492 e. The lowest BCUT2D eigenvalue weighted by Crippen LogP contribution is -2.34.